The lowest BCUT2D eigenvalue weighted by atomic mass is 10.1. The van der Waals surface area contributed by atoms with Crippen molar-refractivity contribution in [2.75, 3.05) is 6.54 Å². The summed E-state index contributed by atoms with van der Waals surface area (Å²) in [6.07, 6.45) is 0.585. The number of benzene rings is 1. The summed E-state index contributed by atoms with van der Waals surface area (Å²) < 4.78 is 18.3. The monoisotopic (exact) mass is 328 g/mol. The van der Waals surface area contributed by atoms with Gasteiger partial charge < -0.3 is 9.84 Å². The number of hydrogen-bond acceptors (Lipinski definition) is 4. The van der Waals surface area contributed by atoms with Crippen LogP contribution < -0.4 is 5.32 Å². The van der Waals surface area contributed by atoms with Crippen molar-refractivity contribution in [3.63, 3.8) is 0 Å². The van der Waals surface area contributed by atoms with Gasteiger partial charge >= 0.3 is 0 Å². The highest BCUT2D eigenvalue weighted by Crippen LogP contribution is 2.20. The number of aromatic nitrogens is 3. The van der Waals surface area contributed by atoms with E-state index in [9.17, 15) is 9.18 Å². The quantitative estimate of drug-likeness (QED) is 0.754. The molecule has 3 rings (SSSR count). The number of H-pyrrole nitrogens is 1. The van der Waals surface area contributed by atoms with Gasteiger partial charge in [-0.25, -0.2) is 4.39 Å². The largest absolute Gasteiger partial charge is 0.361 e. The topological polar surface area (TPSA) is 83.8 Å². The molecule has 0 radical (unpaired) electrons. The molecular formula is C17H17FN4O2. The zero-order chi connectivity index (χ0) is 17.1. The van der Waals surface area contributed by atoms with Gasteiger partial charge in [0.05, 0.1) is 11.4 Å². The van der Waals surface area contributed by atoms with E-state index in [1.54, 1.807) is 25.1 Å². The maximum Gasteiger partial charge on any atom is 0.269 e. The molecule has 2 heterocycles. The van der Waals surface area contributed by atoms with E-state index in [0.29, 0.717) is 29.9 Å². The summed E-state index contributed by atoms with van der Waals surface area (Å²) in [6, 6.07) is 8.19. The summed E-state index contributed by atoms with van der Waals surface area (Å²) in [7, 11) is 0. The van der Waals surface area contributed by atoms with Gasteiger partial charge in [0.2, 0.25) is 0 Å². The highest BCUT2D eigenvalue weighted by Gasteiger charge is 2.12. The molecule has 124 valence electrons. The third-order valence-corrected chi connectivity index (χ3v) is 3.62. The first-order chi connectivity index (χ1) is 11.5. The number of carbonyl (C=O) groups is 1. The van der Waals surface area contributed by atoms with Gasteiger partial charge in [-0.15, -0.1) is 0 Å². The van der Waals surface area contributed by atoms with E-state index in [-0.39, 0.29) is 11.7 Å². The van der Waals surface area contributed by atoms with E-state index in [1.165, 1.54) is 6.07 Å². The third kappa shape index (κ3) is 3.51. The molecule has 0 spiro atoms. The Morgan fingerprint density at radius 2 is 2.12 bits per heavy atom. The standard InChI is InChI=1S/C17H17FN4O2/c1-10-7-12(3-4-14(10)18)15-9-16(21-20-15)17(23)19-6-5-13-8-11(2)24-22-13/h3-4,7-9H,5-6H2,1-2H3,(H,19,23)(H,20,21). The van der Waals surface area contributed by atoms with E-state index in [4.69, 9.17) is 4.52 Å². The molecule has 0 fully saturated rings. The number of hydrogen-bond donors (Lipinski definition) is 2. The number of halogens is 1. The molecule has 0 aliphatic carbocycles. The van der Waals surface area contributed by atoms with E-state index in [0.717, 1.165) is 17.0 Å². The Hall–Kier alpha value is -2.96. The number of aryl methyl sites for hydroxylation is 2. The van der Waals surface area contributed by atoms with Crippen LogP contribution in [0.4, 0.5) is 4.39 Å². The van der Waals surface area contributed by atoms with E-state index in [2.05, 4.69) is 20.7 Å². The normalized spacial score (nSPS) is 10.8. The third-order valence-electron chi connectivity index (χ3n) is 3.62. The molecule has 24 heavy (non-hydrogen) atoms. The Balaban J connectivity index is 1.61. The minimum absolute atomic E-state index is 0.257. The van der Waals surface area contributed by atoms with Crippen LogP contribution in [0, 0.1) is 19.7 Å². The van der Waals surface area contributed by atoms with Crippen molar-refractivity contribution < 1.29 is 13.7 Å². The Labute approximate surface area is 138 Å². The molecule has 7 heteroatoms. The summed E-state index contributed by atoms with van der Waals surface area (Å²) in [5, 5.41) is 13.5. The van der Waals surface area contributed by atoms with Crippen molar-refractivity contribution in [2.45, 2.75) is 20.3 Å². The van der Waals surface area contributed by atoms with E-state index < -0.39 is 0 Å². The predicted molar refractivity (Wildman–Crippen MR) is 86.0 cm³/mol. The van der Waals surface area contributed by atoms with Crippen molar-refractivity contribution in [2.24, 2.45) is 0 Å². The van der Waals surface area contributed by atoms with Crippen LogP contribution in [-0.2, 0) is 6.42 Å². The zero-order valence-corrected chi connectivity index (χ0v) is 13.4. The van der Waals surface area contributed by atoms with Crippen molar-refractivity contribution >= 4 is 5.91 Å². The van der Waals surface area contributed by atoms with Crippen molar-refractivity contribution in [3.8, 4) is 11.3 Å². The second kappa shape index (κ2) is 6.66. The molecular weight excluding hydrogens is 311 g/mol. The van der Waals surface area contributed by atoms with Crippen LogP contribution >= 0.6 is 0 Å². The van der Waals surface area contributed by atoms with Crippen LogP contribution in [0.15, 0.2) is 34.9 Å². The molecule has 0 unspecified atom stereocenters. The summed E-state index contributed by atoms with van der Waals surface area (Å²) in [5.74, 6) is 0.215. The Morgan fingerprint density at radius 3 is 2.83 bits per heavy atom. The maximum atomic E-state index is 13.3. The maximum absolute atomic E-state index is 13.3. The number of amides is 1. The second-order valence-electron chi connectivity index (χ2n) is 5.57. The van der Waals surface area contributed by atoms with Gasteiger partial charge in [-0.2, -0.15) is 5.10 Å². The van der Waals surface area contributed by atoms with Gasteiger partial charge in [0.1, 0.15) is 17.3 Å². The van der Waals surface area contributed by atoms with Crippen LogP contribution in [0.3, 0.4) is 0 Å². The summed E-state index contributed by atoms with van der Waals surface area (Å²) >= 11 is 0. The fourth-order valence-electron chi connectivity index (χ4n) is 2.33. The zero-order valence-electron chi connectivity index (χ0n) is 13.4. The van der Waals surface area contributed by atoms with Crippen LogP contribution in [-0.4, -0.2) is 27.8 Å². The Bertz CT molecular complexity index is 869. The molecule has 3 aromatic rings. The average molecular weight is 328 g/mol. The second-order valence-corrected chi connectivity index (χ2v) is 5.57. The molecule has 0 saturated heterocycles. The van der Waals surface area contributed by atoms with Crippen molar-refractivity contribution in [3.05, 3.63) is 58.9 Å². The van der Waals surface area contributed by atoms with Crippen LogP contribution in [0.5, 0.6) is 0 Å². The first-order valence-corrected chi connectivity index (χ1v) is 7.55. The minimum atomic E-state index is -0.268. The minimum Gasteiger partial charge on any atom is -0.361 e. The van der Waals surface area contributed by atoms with Crippen LogP contribution in [0.2, 0.25) is 0 Å². The highest BCUT2D eigenvalue weighted by atomic mass is 19.1. The van der Waals surface area contributed by atoms with Gasteiger partial charge in [-0.05, 0) is 43.7 Å². The van der Waals surface area contributed by atoms with E-state index in [1.807, 2.05) is 13.0 Å². The molecule has 0 bridgehead atoms. The number of rotatable bonds is 5. The highest BCUT2D eigenvalue weighted by molar-refractivity contribution is 5.93. The molecule has 0 aliphatic heterocycles. The molecule has 1 aromatic carbocycles. The fourth-order valence-corrected chi connectivity index (χ4v) is 2.33. The van der Waals surface area contributed by atoms with Gasteiger partial charge in [0.25, 0.3) is 5.91 Å². The van der Waals surface area contributed by atoms with E-state index >= 15 is 0 Å². The lowest BCUT2D eigenvalue weighted by molar-refractivity contribution is 0.0949. The van der Waals surface area contributed by atoms with Gasteiger partial charge in [-0.3, -0.25) is 9.89 Å². The van der Waals surface area contributed by atoms with Gasteiger partial charge in [0, 0.05) is 24.6 Å². The molecule has 0 aliphatic rings. The number of nitrogens with zero attached hydrogens (tertiary/aromatic N) is 2. The first-order valence-electron chi connectivity index (χ1n) is 7.55. The SMILES string of the molecule is Cc1cc(CCNC(=O)c2cc(-c3ccc(F)c(C)c3)n[nH]2)no1. The van der Waals surface area contributed by atoms with Gasteiger partial charge in [-0.1, -0.05) is 5.16 Å². The lowest BCUT2D eigenvalue weighted by Gasteiger charge is -2.01. The summed E-state index contributed by atoms with van der Waals surface area (Å²) in [4.78, 5) is 12.1. The number of nitrogens with one attached hydrogen (secondary N) is 2. The molecule has 1 amide bonds. The van der Waals surface area contributed by atoms with Crippen LogP contribution in [0.25, 0.3) is 11.3 Å². The van der Waals surface area contributed by atoms with Crippen molar-refractivity contribution in [1.29, 1.82) is 0 Å². The van der Waals surface area contributed by atoms with Crippen molar-refractivity contribution in [1.82, 2.24) is 20.7 Å². The smallest absolute Gasteiger partial charge is 0.269 e. The predicted octanol–water partition coefficient (Wildman–Crippen LogP) is 2.79. The summed E-state index contributed by atoms with van der Waals surface area (Å²) in [5.41, 5.74) is 3.02. The molecule has 6 nitrogen and oxygen atoms in total. The summed E-state index contributed by atoms with van der Waals surface area (Å²) in [6.45, 7) is 3.94. The lowest BCUT2D eigenvalue weighted by Crippen LogP contribution is -2.26. The number of carbonyl (C=O) groups excluding carboxylic acids is 1. The average Bonchev–Trinajstić information content (AvgIpc) is 3.19. The Kier molecular flexibility index (Phi) is 4.41. The van der Waals surface area contributed by atoms with Gasteiger partial charge in [0.15, 0.2) is 0 Å². The number of aromatic amines is 1. The first kappa shape index (κ1) is 15.9. The fraction of sp³-hybridized carbons (Fsp3) is 0.235. The molecule has 0 saturated carbocycles. The molecule has 2 aromatic heterocycles. The van der Waals surface area contributed by atoms with Crippen LogP contribution in [0.1, 0.15) is 27.5 Å². The Morgan fingerprint density at radius 1 is 1.29 bits per heavy atom. The molecule has 2 N–H and O–H groups in total. The molecule has 0 atom stereocenters.